The lowest BCUT2D eigenvalue weighted by Gasteiger charge is -2.16. The van der Waals surface area contributed by atoms with Crippen LogP contribution in [0, 0.1) is 0 Å². The van der Waals surface area contributed by atoms with Gasteiger partial charge in [0.2, 0.25) is 0 Å². The van der Waals surface area contributed by atoms with Crippen LogP contribution >= 0.6 is 0 Å². The van der Waals surface area contributed by atoms with E-state index in [9.17, 15) is 4.79 Å². The highest BCUT2D eigenvalue weighted by Crippen LogP contribution is 2.26. The summed E-state index contributed by atoms with van der Waals surface area (Å²) < 4.78 is 10.4. The molecule has 1 aromatic carbocycles. The molecule has 0 aliphatic carbocycles. The van der Waals surface area contributed by atoms with Crippen LogP contribution in [0.15, 0.2) is 40.8 Å². The topological polar surface area (TPSA) is 42.7 Å². The average molecular weight is 231 g/mol. The van der Waals surface area contributed by atoms with Gasteiger partial charge in [-0.1, -0.05) is 0 Å². The van der Waals surface area contributed by atoms with Crippen LogP contribution in [0.4, 0.5) is 11.6 Å². The minimum Gasteiger partial charge on any atom is -0.497 e. The van der Waals surface area contributed by atoms with Crippen molar-refractivity contribution in [3.63, 3.8) is 0 Å². The summed E-state index contributed by atoms with van der Waals surface area (Å²) in [5, 5.41) is 0. The SMILES string of the molecule is COc1ccc(N(C)c2ccc(C=O)o2)cc1. The highest BCUT2D eigenvalue weighted by molar-refractivity contribution is 5.72. The highest BCUT2D eigenvalue weighted by Gasteiger charge is 2.08. The molecule has 0 aliphatic rings. The maximum atomic E-state index is 10.5. The fourth-order valence-electron chi connectivity index (χ4n) is 1.52. The molecule has 2 rings (SSSR count). The molecular weight excluding hydrogens is 218 g/mol. The molecule has 2 aromatic rings. The Labute approximate surface area is 99.4 Å². The van der Waals surface area contributed by atoms with Crippen molar-refractivity contribution < 1.29 is 13.9 Å². The van der Waals surface area contributed by atoms with E-state index in [4.69, 9.17) is 9.15 Å². The Morgan fingerprint density at radius 1 is 1.18 bits per heavy atom. The van der Waals surface area contributed by atoms with Crippen LogP contribution in [-0.4, -0.2) is 20.4 Å². The molecule has 0 atom stereocenters. The predicted molar refractivity (Wildman–Crippen MR) is 65.2 cm³/mol. The van der Waals surface area contributed by atoms with E-state index in [0.717, 1.165) is 11.4 Å². The lowest BCUT2D eigenvalue weighted by molar-refractivity contribution is 0.110. The van der Waals surface area contributed by atoms with Gasteiger partial charge in [0.15, 0.2) is 17.9 Å². The molecule has 0 fully saturated rings. The lowest BCUT2D eigenvalue weighted by atomic mass is 10.3. The lowest BCUT2D eigenvalue weighted by Crippen LogP contribution is -2.07. The third-order valence-electron chi connectivity index (χ3n) is 2.52. The quantitative estimate of drug-likeness (QED) is 0.759. The number of benzene rings is 1. The first kappa shape index (κ1) is 11.3. The molecule has 88 valence electrons. The first-order valence-corrected chi connectivity index (χ1v) is 5.17. The van der Waals surface area contributed by atoms with Gasteiger partial charge in [-0.2, -0.15) is 0 Å². The van der Waals surface area contributed by atoms with Crippen molar-refractivity contribution in [2.45, 2.75) is 0 Å². The Balaban J connectivity index is 2.23. The third-order valence-corrected chi connectivity index (χ3v) is 2.52. The minimum absolute atomic E-state index is 0.320. The third kappa shape index (κ3) is 2.30. The molecule has 0 amide bonds. The molecule has 0 spiro atoms. The van der Waals surface area contributed by atoms with Crippen molar-refractivity contribution in [1.82, 2.24) is 0 Å². The summed E-state index contributed by atoms with van der Waals surface area (Å²) in [7, 11) is 3.50. The van der Waals surface area contributed by atoms with Gasteiger partial charge in [-0.15, -0.1) is 0 Å². The van der Waals surface area contributed by atoms with Gasteiger partial charge in [-0.05, 0) is 30.3 Å². The van der Waals surface area contributed by atoms with Crippen LogP contribution in [0.2, 0.25) is 0 Å². The minimum atomic E-state index is 0.320. The molecule has 0 bridgehead atoms. The Morgan fingerprint density at radius 2 is 1.88 bits per heavy atom. The van der Waals surface area contributed by atoms with Crippen molar-refractivity contribution >= 4 is 17.9 Å². The molecule has 0 unspecified atom stereocenters. The first-order chi connectivity index (χ1) is 8.24. The second kappa shape index (κ2) is 4.74. The van der Waals surface area contributed by atoms with Crippen LogP contribution in [0.25, 0.3) is 0 Å². The normalized spacial score (nSPS) is 10.0. The van der Waals surface area contributed by atoms with Crippen molar-refractivity contribution in [2.24, 2.45) is 0 Å². The number of anilines is 2. The average Bonchev–Trinajstić information content (AvgIpc) is 2.87. The predicted octanol–water partition coefficient (Wildman–Crippen LogP) is 2.87. The molecule has 0 radical (unpaired) electrons. The Kier molecular flexibility index (Phi) is 3.14. The van der Waals surface area contributed by atoms with E-state index in [1.807, 2.05) is 36.2 Å². The van der Waals surface area contributed by atoms with E-state index < -0.39 is 0 Å². The summed E-state index contributed by atoms with van der Waals surface area (Å²) in [6.07, 6.45) is 0.686. The van der Waals surface area contributed by atoms with Crippen LogP contribution in [0.1, 0.15) is 10.6 Å². The van der Waals surface area contributed by atoms with Gasteiger partial charge >= 0.3 is 0 Å². The molecule has 1 heterocycles. The molecule has 0 aliphatic heterocycles. The zero-order valence-electron chi connectivity index (χ0n) is 9.71. The fourth-order valence-corrected chi connectivity index (χ4v) is 1.52. The Bertz CT molecular complexity index is 502. The summed E-state index contributed by atoms with van der Waals surface area (Å²) in [5.74, 6) is 1.74. The molecular formula is C13H13NO3. The molecule has 1 aromatic heterocycles. The maximum Gasteiger partial charge on any atom is 0.200 e. The van der Waals surface area contributed by atoms with Gasteiger partial charge in [0.1, 0.15) is 5.75 Å². The smallest absolute Gasteiger partial charge is 0.200 e. The Morgan fingerprint density at radius 3 is 2.41 bits per heavy atom. The molecule has 4 nitrogen and oxygen atoms in total. The Hall–Kier alpha value is -2.23. The number of nitrogens with zero attached hydrogens (tertiary/aromatic N) is 1. The van der Waals surface area contributed by atoms with Crippen LogP contribution < -0.4 is 9.64 Å². The molecule has 0 saturated heterocycles. The standard InChI is InChI=1S/C13H13NO3/c1-14(13-8-7-12(9-15)17-13)10-3-5-11(16-2)6-4-10/h3-9H,1-2H3. The van der Waals surface area contributed by atoms with Gasteiger partial charge in [0.25, 0.3) is 0 Å². The number of hydrogen-bond acceptors (Lipinski definition) is 4. The second-order valence-electron chi connectivity index (χ2n) is 3.55. The maximum absolute atomic E-state index is 10.5. The fraction of sp³-hybridized carbons (Fsp3) is 0.154. The van der Waals surface area contributed by atoms with Crippen molar-refractivity contribution in [1.29, 1.82) is 0 Å². The summed E-state index contributed by atoms with van der Waals surface area (Å²) >= 11 is 0. The summed E-state index contributed by atoms with van der Waals surface area (Å²) in [5.41, 5.74) is 0.956. The summed E-state index contributed by atoms with van der Waals surface area (Å²) in [6, 6.07) is 11.0. The van der Waals surface area contributed by atoms with E-state index in [2.05, 4.69) is 0 Å². The second-order valence-corrected chi connectivity index (χ2v) is 3.55. The zero-order chi connectivity index (χ0) is 12.3. The van der Waals surface area contributed by atoms with Crippen molar-refractivity contribution in [3.05, 3.63) is 42.2 Å². The summed E-state index contributed by atoms with van der Waals surface area (Å²) in [4.78, 5) is 12.4. The van der Waals surface area contributed by atoms with Crippen LogP contribution in [0.5, 0.6) is 5.75 Å². The molecule has 0 saturated carbocycles. The van der Waals surface area contributed by atoms with Crippen LogP contribution in [-0.2, 0) is 0 Å². The number of carbonyl (C=O) groups is 1. The summed E-state index contributed by atoms with van der Waals surface area (Å²) in [6.45, 7) is 0. The number of ether oxygens (including phenoxy) is 1. The molecule has 17 heavy (non-hydrogen) atoms. The number of aldehydes is 1. The monoisotopic (exact) mass is 231 g/mol. The van der Waals surface area contributed by atoms with Gasteiger partial charge in [-0.25, -0.2) is 0 Å². The molecule has 4 heteroatoms. The number of carbonyl (C=O) groups excluding carboxylic acids is 1. The van der Waals surface area contributed by atoms with Crippen LogP contribution in [0.3, 0.4) is 0 Å². The number of rotatable bonds is 4. The van der Waals surface area contributed by atoms with Crippen molar-refractivity contribution in [2.75, 3.05) is 19.1 Å². The largest absolute Gasteiger partial charge is 0.497 e. The zero-order valence-corrected chi connectivity index (χ0v) is 9.71. The van der Waals surface area contributed by atoms with E-state index in [-0.39, 0.29) is 0 Å². The van der Waals surface area contributed by atoms with E-state index in [1.54, 1.807) is 19.2 Å². The van der Waals surface area contributed by atoms with Gasteiger partial charge in [0.05, 0.1) is 7.11 Å². The number of methoxy groups -OCH3 is 1. The van der Waals surface area contributed by atoms with Gasteiger partial charge in [-0.3, -0.25) is 4.79 Å². The van der Waals surface area contributed by atoms with Gasteiger partial charge in [0, 0.05) is 18.8 Å². The van der Waals surface area contributed by atoms with E-state index >= 15 is 0 Å². The first-order valence-electron chi connectivity index (χ1n) is 5.17. The van der Waals surface area contributed by atoms with E-state index in [1.165, 1.54) is 0 Å². The highest BCUT2D eigenvalue weighted by atomic mass is 16.5. The number of hydrogen-bond donors (Lipinski definition) is 0. The van der Waals surface area contributed by atoms with Gasteiger partial charge < -0.3 is 14.1 Å². The van der Waals surface area contributed by atoms with Crippen molar-refractivity contribution in [3.8, 4) is 5.75 Å². The van der Waals surface area contributed by atoms with E-state index in [0.29, 0.717) is 17.9 Å². The number of furan rings is 1. The molecule has 0 N–H and O–H groups in total.